The molecule has 16 heteroatoms. The number of rotatable bonds is 12. The van der Waals surface area contributed by atoms with E-state index in [1.54, 1.807) is 24.3 Å². The van der Waals surface area contributed by atoms with Crippen molar-refractivity contribution in [2.75, 3.05) is 18.9 Å². The lowest BCUT2D eigenvalue weighted by Crippen LogP contribution is -2.45. The van der Waals surface area contributed by atoms with Crippen molar-refractivity contribution in [2.24, 2.45) is 10.5 Å². The first-order chi connectivity index (χ1) is 20.3. The fraction of sp³-hybridized carbons (Fsp3) is 0.481. The van der Waals surface area contributed by atoms with Crippen molar-refractivity contribution in [3.63, 3.8) is 0 Å². The molecule has 0 saturated carbocycles. The van der Waals surface area contributed by atoms with Gasteiger partial charge in [-0.15, -0.1) is 0 Å². The van der Waals surface area contributed by atoms with Gasteiger partial charge in [0.15, 0.2) is 12.4 Å². The Hall–Kier alpha value is -3.71. The van der Waals surface area contributed by atoms with Crippen LogP contribution in [0.5, 0.6) is 5.75 Å². The number of carbonyl (C=O) groups excluding carboxylic acids is 1. The van der Waals surface area contributed by atoms with Gasteiger partial charge in [0.25, 0.3) is 0 Å². The summed E-state index contributed by atoms with van der Waals surface area (Å²) in [5.74, 6) is -0.527. The molecule has 232 valence electrons. The van der Waals surface area contributed by atoms with Crippen molar-refractivity contribution >= 4 is 30.3 Å². The van der Waals surface area contributed by atoms with Crippen molar-refractivity contribution in [1.82, 2.24) is 14.9 Å². The van der Waals surface area contributed by atoms with E-state index in [-0.39, 0.29) is 23.6 Å². The fourth-order valence-corrected chi connectivity index (χ4v) is 5.83. The van der Waals surface area contributed by atoms with Crippen LogP contribution < -0.4 is 15.3 Å². The van der Waals surface area contributed by atoms with Gasteiger partial charge in [0.2, 0.25) is 5.72 Å². The topological polar surface area (TPSA) is 196 Å². The van der Waals surface area contributed by atoms with Gasteiger partial charge in [0.1, 0.15) is 23.7 Å². The van der Waals surface area contributed by atoms with Crippen LogP contribution in [0.1, 0.15) is 40.3 Å². The third-order valence-electron chi connectivity index (χ3n) is 6.68. The van der Waals surface area contributed by atoms with Gasteiger partial charge >= 0.3 is 13.7 Å². The van der Waals surface area contributed by atoms with Crippen molar-refractivity contribution < 1.29 is 37.4 Å². The number of alkyl halides is 1. The third-order valence-corrected chi connectivity index (χ3v) is 8.29. The van der Waals surface area contributed by atoms with E-state index in [0.29, 0.717) is 11.8 Å². The second-order valence-corrected chi connectivity index (χ2v) is 13.0. The SMILES string of the molecule is C[C@H](NP(=O)(OC[C@@]1(N=[N+]=[N-])O[C@@H](n2ccc(N)n2)[C@H](F)[C@@H]1O)Oc1cccc2ccccc12)C(=O)OCCC(C)(C)C. The second-order valence-electron chi connectivity index (χ2n) is 11.3. The summed E-state index contributed by atoms with van der Waals surface area (Å²) >= 11 is 0. The van der Waals surface area contributed by atoms with E-state index in [2.05, 4.69) is 20.2 Å². The molecule has 1 fully saturated rings. The number of nitrogen functional groups attached to an aromatic ring is 1. The summed E-state index contributed by atoms with van der Waals surface area (Å²) in [4.78, 5) is 15.5. The van der Waals surface area contributed by atoms with E-state index >= 15 is 4.39 Å². The molecule has 1 aliphatic rings. The van der Waals surface area contributed by atoms with Crippen LogP contribution in [0.15, 0.2) is 59.8 Å². The molecular formula is C27H35FN7O7P. The monoisotopic (exact) mass is 619 g/mol. The first-order valence-corrected chi connectivity index (χ1v) is 15.0. The van der Waals surface area contributed by atoms with Gasteiger partial charge in [0, 0.05) is 22.6 Å². The molecule has 14 nitrogen and oxygen atoms in total. The first-order valence-electron chi connectivity index (χ1n) is 13.5. The van der Waals surface area contributed by atoms with Gasteiger partial charge in [-0.25, -0.2) is 13.6 Å². The lowest BCUT2D eigenvalue weighted by Gasteiger charge is -2.29. The van der Waals surface area contributed by atoms with Gasteiger partial charge in [-0.05, 0) is 35.7 Å². The maximum absolute atomic E-state index is 15.3. The standard InChI is InChI=1S/C27H35FN7O7P/c1-17(25(37)39-15-13-26(2,3)4)32-43(38,42-20-11-7-9-18-8-5-6-10-19(18)20)40-16-27(33-34-30)23(36)22(28)24(41-27)35-14-12-21(29)31-35/h5-12,14,17,22-24,36H,13,15-16H2,1-4H3,(H2,29,31)(H,32,38)/t17-,22+,23-,24+,27+,43?/m0/s1. The van der Waals surface area contributed by atoms with Crippen LogP contribution >= 0.6 is 7.75 Å². The Kier molecular flexibility index (Phi) is 9.65. The van der Waals surface area contributed by atoms with Gasteiger partial charge in [-0.1, -0.05) is 62.3 Å². The molecule has 4 rings (SSSR count). The minimum atomic E-state index is -4.56. The average Bonchev–Trinajstić information content (AvgIpc) is 3.48. The van der Waals surface area contributed by atoms with Crippen molar-refractivity contribution in [3.8, 4) is 5.75 Å². The minimum Gasteiger partial charge on any atom is -0.465 e. The van der Waals surface area contributed by atoms with Gasteiger partial charge in [0.05, 0.1) is 13.2 Å². The number of benzene rings is 2. The van der Waals surface area contributed by atoms with Gasteiger partial charge in [-0.3, -0.25) is 9.32 Å². The number of esters is 1. The molecule has 1 unspecified atom stereocenters. The van der Waals surface area contributed by atoms with E-state index in [1.807, 2.05) is 39.0 Å². The smallest absolute Gasteiger partial charge is 0.459 e. The molecule has 0 spiro atoms. The van der Waals surface area contributed by atoms with Crippen LogP contribution in [0.3, 0.4) is 0 Å². The summed E-state index contributed by atoms with van der Waals surface area (Å²) in [6.45, 7) is 6.58. The number of halogens is 1. The number of hydrogen-bond acceptors (Lipinski definition) is 10. The van der Waals surface area contributed by atoms with Crippen LogP contribution in [0, 0.1) is 5.41 Å². The van der Waals surface area contributed by atoms with Gasteiger partial charge in [-0.2, -0.15) is 10.2 Å². The summed E-state index contributed by atoms with van der Waals surface area (Å²) in [7, 11) is -4.56. The van der Waals surface area contributed by atoms with E-state index in [1.165, 1.54) is 19.2 Å². The molecule has 2 aromatic carbocycles. The fourth-order valence-electron chi connectivity index (χ4n) is 4.29. The highest BCUT2D eigenvalue weighted by Gasteiger charge is 2.57. The molecule has 1 saturated heterocycles. The maximum Gasteiger partial charge on any atom is 0.459 e. The number of fused-ring (bicyclic) bond motifs is 1. The third kappa shape index (κ3) is 7.63. The normalized spacial score (nSPS) is 24.2. The zero-order valence-corrected chi connectivity index (χ0v) is 25.1. The highest BCUT2D eigenvalue weighted by Crippen LogP contribution is 2.50. The number of carbonyl (C=O) groups is 1. The number of nitrogens with zero attached hydrogens (tertiary/aromatic N) is 5. The van der Waals surface area contributed by atoms with Crippen LogP contribution in [0.2, 0.25) is 0 Å². The Bertz CT molecular complexity index is 1540. The molecule has 0 radical (unpaired) electrons. The molecule has 3 aromatic rings. The predicted octanol–water partition coefficient (Wildman–Crippen LogP) is 5.01. The zero-order chi connectivity index (χ0) is 31.4. The maximum atomic E-state index is 15.3. The summed E-state index contributed by atoms with van der Waals surface area (Å²) in [5.41, 5.74) is 12.4. The Morgan fingerprint density at radius 3 is 2.72 bits per heavy atom. The molecule has 0 aliphatic carbocycles. The van der Waals surface area contributed by atoms with E-state index in [9.17, 15) is 20.0 Å². The number of ether oxygens (including phenoxy) is 2. The van der Waals surface area contributed by atoms with Crippen molar-refractivity contribution in [3.05, 3.63) is 65.2 Å². The van der Waals surface area contributed by atoms with Crippen molar-refractivity contribution in [2.45, 2.75) is 64.4 Å². The molecule has 6 atom stereocenters. The summed E-state index contributed by atoms with van der Waals surface area (Å²) in [5, 5.41) is 22.1. The number of aliphatic hydroxyl groups is 1. The van der Waals surface area contributed by atoms with Crippen LogP contribution in [0.4, 0.5) is 10.2 Å². The molecule has 0 bridgehead atoms. The number of anilines is 1. The highest BCUT2D eigenvalue weighted by molar-refractivity contribution is 7.52. The summed E-state index contributed by atoms with van der Waals surface area (Å²) in [6, 6.07) is 12.3. The quantitative estimate of drug-likeness (QED) is 0.0814. The average molecular weight is 620 g/mol. The Balaban J connectivity index is 1.61. The number of nitrogens with two attached hydrogens (primary N) is 1. The Morgan fingerprint density at radius 2 is 2.05 bits per heavy atom. The lowest BCUT2D eigenvalue weighted by atomic mass is 9.93. The summed E-state index contributed by atoms with van der Waals surface area (Å²) < 4.78 is 53.0. The number of nitrogens with one attached hydrogen (secondary N) is 1. The number of hydrogen-bond donors (Lipinski definition) is 3. The second kappa shape index (κ2) is 12.9. The molecule has 1 aromatic heterocycles. The van der Waals surface area contributed by atoms with Crippen molar-refractivity contribution in [1.29, 1.82) is 0 Å². The van der Waals surface area contributed by atoms with Gasteiger partial charge < -0.3 is 24.8 Å². The molecule has 4 N–H and O–H groups in total. The molecule has 1 aliphatic heterocycles. The first kappa shape index (κ1) is 32.2. The number of aromatic nitrogens is 2. The Labute approximate surface area is 247 Å². The molecule has 2 heterocycles. The summed E-state index contributed by atoms with van der Waals surface area (Å²) in [6.07, 6.45) is -3.86. The minimum absolute atomic E-state index is 0.0587. The molecule has 43 heavy (non-hydrogen) atoms. The van der Waals surface area contributed by atoms with E-state index in [0.717, 1.165) is 10.1 Å². The zero-order valence-electron chi connectivity index (χ0n) is 24.2. The van der Waals surface area contributed by atoms with E-state index < -0.39 is 50.6 Å². The van der Waals surface area contributed by atoms with Crippen LogP contribution in [-0.2, 0) is 23.4 Å². The lowest BCUT2D eigenvalue weighted by molar-refractivity contribution is -0.146. The van der Waals surface area contributed by atoms with Crippen LogP contribution in [0.25, 0.3) is 21.2 Å². The molecule has 0 amide bonds. The number of azide groups is 1. The molecular weight excluding hydrogens is 584 g/mol. The predicted molar refractivity (Wildman–Crippen MR) is 155 cm³/mol. The largest absolute Gasteiger partial charge is 0.465 e. The highest BCUT2D eigenvalue weighted by atomic mass is 31.2. The van der Waals surface area contributed by atoms with Crippen LogP contribution in [-0.4, -0.2) is 58.1 Å². The Morgan fingerprint density at radius 1 is 1.33 bits per heavy atom. The number of aliphatic hydroxyl groups excluding tert-OH is 1. The van der Waals surface area contributed by atoms with E-state index in [4.69, 9.17) is 24.3 Å².